The van der Waals surface area contributed by atoms with Crippen molar-refractivity contribution < 1.29 is 4.74 Å². The first-order chi connectivity index (χ1) is 7.90. The summed E-state index contributed by atoms with van der Waals surface area (Å²) < 4.78 is 5.62. The Morgan fingerprint density at radius 3 is 2.59 bits per heavy atom. The average Bonchev–Trinajstić information content (AvgIpc) is 2.69. The first kappa shape index (κ1) is 13.4. The van der Waals surface area contributed by atoms with Crippen LogP contribution in [0.4, 0.5) is 0 Å². The molecule has 2 nitrogen and oxygen atoms in total. The van der Waals surface area contributed by atoms with Gasteiger partial charge in [-0.05, 0) is 49.9 Å². The van der Waals surface area contributed by atoms with E-state index in [0.717, 1.165) is 19.1 Å². The standard InChI is InChI=1S/C15H29NO/c1-6-17-11(2)10-16-13-14(3,4)12-7-8-15(13,5)9-12/h11-13,16H,6-10H2,1-5H3. The Hall–Kier alpha value is -0.0800. The molecule has 0 spiro atoms. The van der Waals surface area contributed by atoms with Crippen LogP contribution in [-0.4, -0.2) is 25.3 Å². The van der Waals surface area contributed by atoms with E-state index >= 15 is 0 Å². The lowest BCUT2D eigenvalue weighted by molar-refractivity contribution is 0.0524. The first-order valence-electron chi connectivity index (χ1n) is 7.25. The zero-order valence-corrected chi connectivity index (χ0v) is 12.2. The Morgan fingerprint density at radius 2 is 2.06 bits per heavy atom. The quantitative estimate of drug-likeness (QED) is 0.795. The lowest BCUT2D eigenvalue weighted by Crippen LogP contribution is -2.52. The molecule has 2 aliphatic rings. The van der Waals surface area contributed by atoms with Gasteiger partial charge in [0.1, 0.15) is 0 Å². The summed E-state index contributed by atoms with van der Waals surface area (Å²) in [5.74, 6) is 0.924. The van der Waals surface area contributed by atoms with Crippen molar-refractivity contribution in [2.45, 2.75) is 66.0 Å². The summed E-state index contributed by atoms with van der Waals surface area (Å²) in [6.07, 6.45) is 4.59. The molecule has 0 aliphatic heterocycles. The third kappa shape index (κ3) is 2.26. The van der Waals surface area contributed by atoms with Crippen LogP contribution in [0.1, 0.15) is 53.9 Å². The third-order valence-corrected chi connectivity index (χ3v) is 5.33. The fourth-order valence-electron chi connectivity index (χ4n) is 4.44. The molecule has 0 radical (unpaired) electrons. The topological polar surface area (TPSA) is 21.3 Å². The molecular formula is C15H29NO. The summed E-state index contributed by atoms with van der Waals surface area (Å²) in [6.45, 7) is 13.4. The van der Waals surface area contributed by atoms with Crippen LogP contribution in [0.25, 0.3) is 0 Å². The molecule has 4 unspecified atom stereocenters. The molecule has 0 saturated heterocycles. The maximum absolute atomic E-state index is 5.62. The van der Waals surface area contributed by atoms with Gasteiger partial charge >= 0.3 is 0 Å². The highest BCUT2D eigenvalue weighted by Crippen LogP contribution is 2.62. The molecule has 100 valence electrons. The van der Waals surface area contributed by atoms with Gasteiger partial charge in [0.25, 0.3) is 0 Å². The molecule has 0 aromatic rings. The molecule has 0 aromatic heterocycles. The highest BCUT2D eigenvalue weighted by molar-refractivity contribution is 5.12. The molecular weight excluding hydrogens is 210 g/mol. The Balaban J connectivity index is 1.96. The second-order valence-corrected chi connectivity index (χ2v) is 7.02. The second-order valence-electron chi connectivity index (χ2n) is 7.02. The van der Waals surface area contributed by atoms with Gasteiger partial charge in [-0.15, -0.1) is 0 Å². The zero-order valence-electron chi connectivity index (χ0n) is 12.2. The van der Waals surface area contributed by atoms with Crippen LogP contribution in [0, 0.1) is 16.7 Å². The van der Waals surface area contributed by atoms with E-state index in [0.29, 0.717) is 23.0 Å². The highest BCUT2D eigenvalue weighted by Gasteiger charge is 2.58. The van der Waals surface area contributed by atoms with Crippen LogP contribution in [-0.2, 0) is 4.74 Å². The van der Waals surface area contributed by atoms with Crippen molar-refractivity contribution in [1.82, 2.24) is 5.32 Å². The van der Waals surface area contributed by atoms with Gasteiger partial charge in [0.15, 0.2) is 0 Å². The summed E-state index contributed by atoms with van der Waals surface area (Å²) >= 11 is 0. The van der Waals surface area contributed by atoms with E-state index in [-0.39, 0.29) is 0 Å². The summed E-state index contributed by atoms with van der Waals surface area (Å²) in [5, 5.41) is 3.80. The lowest BCUT2D eigenvalue weighted by atomic mass is 9.68. The Bertz CT molecular complexity index is 271. The molecule has 2 aliphatic carbocycles. The van der Waals surface area contributed by atoms with E-state index in [1.54, 1.807) is 0 Å². The lowest BCUT2D eigenvalue weighted by Gasteiger charge is -2.43. The normalized spacial score (nSPS) is 40.8. The van der Waals surface area contributed by atoms with Crippen LogP contribution < -0.4 is 5.32 Å². The maximum Gasteiger partial charge on any atom is 0.0671 e. The number of ether oxygens (including phenoxy) is 1. The SMILES string of the molecule is CCOC(C)CNC1C2(C)CCC(C2)C1(C)C. The van der Waals surface area contributed by atoms with Crippen molar-refractivity contribution in [1.29, 1.82) is 0 Å². The molecule has 1 N–H and O–H groups in total. The molecule has 2 bridgehead atoms. The molecule has 2 rings (SSSR count). The number of hydrogen-bond donors (Lipinski definition) is 1. The van der Waals surface area contributed by atoms with E-state index in [9.17, 15) is 0 Å². The molecule has 0 aromatic carbocycles. The molecule has 0 amide bonds. The fraction of sp³-hybridized carbons (Fsp3) is 1.00. The van der Waals surface area contributed by atoms with E-state index in [1.165, 1.54) is 19.3 Å². The molecule has 2 heteroatoms. The highest BCUT2D eigenvalue weighted by atomic mass is 16.5. The van der Waals surface area contributed by atoms with Gasteiger partial charge in [0, 0.05) is 19.2 Å². The van der Waals surface area contributed by atoms with E-state index in [1.807, 2.05) is 0 Å². The van der Waals surface area contributed by atoms with Crippen molar-refractivity contribution >= 4 is 0 Å². The Kier molecular flexibility index (Phi) is 3.57. The van der Waals surface area contributed by atoms with Crippen molar-refractivity contribution in [3.63, 3.8) is 0 Å². The minimum atomic E-state index is 0.332. The van der Waals surface area contributed by atoms with Crippen molar-refractivity contribution in [2.24, 2.45) is 16.7 Å². The van der Waals surface area contributed by atoms with Crippen LogP contribution >= 0.6 is 0 Å². The van der Waals surface area contributed by atoms with E-state index in [2.05, 4.69) is 39.9 Å². The van der Waals surface area contributed by atoms with Crippen LogP contribution in [0.2, 0.25) is 0 Å². The summed E-state index contributed by atoms with van der Waals surface area (Å²) in [6, 6.07) is 0.664. The van der Waals surface area contributed by atoms with Gasteiger partial charge in [0.05, 0.1) is 6.10 Å². The molecule has 0 heterocycles. The minimum absolute atomic E-state index is 0.332. The summed E-state index contributed by atoms with van der Waals surface area (Å²) in [4.78, 5) is 0. The fourth-order valence-corrected chi connectivity index (χ4v) is 4.44. The number of fused-ring (bicyclic) bond motifs is 2. The third-order valence-electron chi connectivity index (χ3n) is 5.33. The monoisotopic (exact) mass is 239 g/mol. The van der Waals surface area contributed by atoms with Gasteiger partial charge in [-0.25, -0.2) is 0 Å². The maximum atomic E-state index is 5.62. The van der Waals surface area contributed by atoms with E-state index < -0.39 is 0 Å². The molecule has 2 saturated carbocycles. The number of nitrogens with one attached hydrogen (secondary N) is 1. The van der Waals surface area contributed by atoms with E-state index in [4.69, 9.17) is 4.74 Å². The van der Waals surface area contributed by atoms with Crippen molar-refractivity contribution in [2.75, 3.05) is 13.2 Å². The van der Waals surface area contributed by atoms with Crippen molar-refractivity contribution in [3.05, 3.63) is 0 Å². The minimum Gasteiger partial charge on any atom is -0.377 e. The number of hydrogen-bond acceptors (Lipinski definition) is 2. The second kappa shape index (κ2) is 4.55. The predicted molar refractivity (Wildman–Crippen MR) is 72.1 cm³/mol. The van der Waals surface area contributed by atoms with Crippen molar-refractivity contribution in [3.8, 4) is 0 Å². The van der Waals surface area contributed by atoms with Gasteiger partial charge in [-0.2, -0.15) is 0 Å². The van der Waals surface area contributed by atoms with Gasteiger partial charge in [-0.1, -0.05) is 20.8 Å². The molecule has 2 fully saturated rings. The predicted octanol–water partition coefficient (Wildman–Crippen LogP) is 3.22. The Labute approximate surface area is 107 Å². The Morgan fingerprint density at radius 1 is 1.35 bits per heavy atom. The van der Waals surface area contributed by atoms with Gasteiger partial charge in [0.2, 0.25) is 0 Å². The van der Waals surface area contributed by atoms with Gasteiger partial charge < -0.3 is 10.1 Å². The van der Waals surface area contributed by atoms with Crippen LogP contribution in [0.15, 0.2) is 0 Å². The first-order valence-corrected chi connectivity index (χ1v) is 7.25. The average molecular weight is 239 g/mol. The summed E-state index contributed by atoms with van der Waals surface area (Å²) in [5.41, 5.74) is 0.985. The smallest absolute Gasteiger partial charge is 0.0671 e. The van der Waals surface area contributed by atoms with Gasteiger partial charge in [-0.3, -0.25) is 0 Å². The number of rotatable bonds is 5. The van der Waals surface area contributed by atoms with Crippen LogP contribution in [0.3, 0.4) is 0 Å². The zero-order chi connectivity index (χ0) is 12.7. The largest absolute Gasteiger partial charge is 0.377 e. The molecule has 17 heavy (non-hydrogen) atoms. The molecule has 4 atom stereocenters. The van der Waals surface area contributed by atoms with Crippen LogP contribution in [0.5, 0.6) is 0 Å². The summed E-state index contributed by atoms with van der Waals surface area (Å²) in [7, 11) is 0.